The molecule has 1 saturated carbocycles. The average molecular weight is 430 g/mol. The van der Waals surface area contributed by atoms with E-state index in [2.05, 4.69) is 49.6 Å². The number of piperidine rings is 1. The number of hydrogen-bond acceptors (Lipinski definition) is 5. The number of carbonyl (C=O) groups is 1. The molecule has 2 aromatic heterocycles. The topological polar surface area (TPSA) is 65.1 Å². The summed E-state index contributed by atoms with van der Waals surface area (Å²) >= 11 is 0. The molecule has 6 nitrogen and oxygen atoms in total. The zero-order valence-corrected chi connectivity index (χ0v) is 19.3. The Balaban J connectivity index is 1.34. The minimum atomic E-state index is 0.194. The summed E-state index contributed by atoms with van der Waals surface area (Å²) in [6, 6.07) is 2.61. The summed E-state index contributed by atoms with van der Waals surface area (Å²) in [6.45, 7) is 6.08. The molecule has 1 aliphatic heterocycles. The lowest BCUT2D eigenvalue weighted by Crippen LogP contribution is -2.38. The minimum absolute atomic E-state index is 0.194. The highest BCUT2D eigenvalue weighted by Gasteiger charge is 2.29. The molecule has 0 bridgehead atoms. The van der Waals surface area contributed by atoms with E-state index in [0.29, 0.717) is 11.8 Å². The van der Waals surface area contributed by atoms with Gasteiger partial charge >= 0.3 is 0 Å². The third-order valence-electron chi connectivity index (χ3n) is 7.00. The van der Waals surface area contributed by atoms with Gasteiger partial charge in [-0.2, -0.15) is 0 Å². The van der Waals surface area contributed by atoms with E-state index in [-0.39, 0.29) is 16.6 Å². The molecule has 1 saturated heterocycles. The number of nitrogens with zero attached hydrogens (tertiary/aromatic N) is 4. The summed E-state index contributed by atoms with van der Waals surface area (Å²) < 4.78 is 2.59. The summed E-state index contributed by atoms with van der Waals surface area (Å²) in [7, 11) is 2.37. The van der Waals surface area contributed by atoms with Gasteiger partial charge in [-0.05, 0) is 64.4 Å². The summed E-state index contributed by atoms with van der Waals surface area (Å²) in [5, 5.41) is 3.50. The molecule has 0 radical (unpaired) electrons. The fourth-order valence-corrected chi connectivity index (χ4v) is 7.34. The maximum Gasteiger partial charge on any atom is 0.142 e. The van der Waals surface area contributed by atoms with Crippen LogP contribution in [0.15, 0.2) is 18.6 Å². The largest absolute Gasteiger partial charge is 0.356 e. The normalized spacial score (nSPS) is 26.7. The Kier molecular flexibility index (Phi) is 6.88. The fraction of sp³-hybridized carbons (Fsp3) is 0.652. The van der Waals surface area contributed by atoms with Crippen molar-refractivity contribution >= 4 is 38.7 Å². The van der Waals surface area contributed by atoms with Crippen molar-refractivity contribution in [2.45, 2.75) is 58.4 Å². The highest BCUT2D eigenvalue weighted by molar-refractivity contribution is 8.12. The van der Waals surface area contributed by atoms with Gasteiger partial charge in [0.1, 0.15) is 23.6 Å². The van der Waals surface area contributed by atoms with Crippen LogP contribution in [-0.2, 0) is 4.79 Å². The number of aromatic amines is 1. The first-order chi connectivity index (χ1) is 14.6. The smallest absolute Gasteiger partial charge is 0.142 e. The monoisotopic (exact) mass is 429 g/mol. The molecule has 4 rings (SSSR count). The van der Waals surface area contributed by atoms with Gasteiger partial charge in [0.15, 0.2) is 0 Å². The number of carbonyl (C=O) groups excluding carboxylic acids is 1. The van der Waals surface area contributed by atoms with Crippen molar-refractivity contribution in [2.75, 3.05) is 30.8 Å². The van der Waals surface area contributed by atoms with Gasteiger partial charge < -0.3 is 9.88 Å². The Morgan fingerprint density at radius 3 is 2.83 bits per heavy atom. The number of nitrogens with one attached hydrogen (secondary N) is 1. The summed E-state index contributed by atoms with van der Waals surface area (Å²) in [5.74, 6) is 3.69. The van der Waals surface area contributed by atoms with Crippen molar-refractivity contribution in [3.05, 3.63) is 18.6 Å². The first kappa shape index (κ1) is 21.5. The Labute approximate surface area is 182 Å². The summed E-state index contributed by atoms with van der Waals surface area (Å²) in [4.78, 5) is 26.3. The second kappa shape index (κ2) is 9.60. The molecule has 3 heterocycles. The summed E-state index contributed by atoms with van der Waals surface area (Å²) in [6.07, 6.45) is 10.8. The van der Waals surface area contributed by atoms with Crippen LogP contribution >= 0.6 is 10.7 Å². The van der Waals surface area contributed by atoms with E-state index in [1.165, 1.54) is 31.4 Å². The quantitative estimate of drug-likeness (QED) is 0.695. The molecule has 2 atom stereocenters. The first-order valence-electron chi connectivity index (χ1n) is 11.3. The van der Waals surface area contributed by atoms with Crippen LogP contribution in [0.1, 0.15) is 52.4 Å². The van der Waals surface area contributed by atoms with Crippen molar-refractivity contribution in [3.63, 3.8) is 0 Å². The molecule has 2 fully saturated rings. The molecule has 0 spiro atoms. The number of ketones is 1. The fourth-order valence-electron chi connectivity index (χ4n) is 5.09. The van der Waals surface area contributed by atoms with E-state index in [0.717, 1.165) is 48.7 Å². The van der Waals surface area contributed by atoms with Gasteiger partial charge in [-0.3, -0.25) is 9.10 Å². The van der Waals surface area contributed by atoms with Gasteiger partial charge in [-0.15, -0.1) is 10.7 Å². The number of fused-ring (bicyclic) bond motifs is 1. The standard InChI is InChI=1S/C23H35N5OS/c1-4-30(28-13-5-6-19(14-28)17(2)29)15-18-7-9-20(10-8-18)27(3)23-21-11-12-24-22(21)25-16-26-23/h4,11-12,16,18-20H,5-10,13-15H2,1-3H3,(H,24,25,26). The Morgan fingerprint density at radius 2 is 2.10 bits per heavy atom. The van der Waals surface area contributed by atoms with E-state index in [4.69, 9.17) is 0 Å². The lowest BCUT2D eigenvalue weighted by molar-refractivity contribution is -0.121. The molecule has 2 unspecified atom stereocenters. The van der Waals surface area contributed by atoms with Gasteiger partial charge in [-0.1, -0.05) is 5.37 Å². The highest BCUT2D eigenvalue weighted by Crippen LogP contribution is 2.36. The molecule has 0 amide bonds. The number of rotatable bonds is 6. The first-order valence-corrected chi connectivity index (χ1v) is 12.7. The maximum atomic E-state index is 11.9. The maximum absolute atomic E-state index is 11.9. The number of H-pyrrole nitrogens is 1. The van der Waals surface area contributed by atoms with E-state index < -0.39 is 0 Å². The second-order valence-electron chi connectivity index (χ2n) is 8.86. The van der Waals surface area contributed by atoms with Crippen LogP contribution in [0.5, 0.6) is 0 Å². The van der Waals surface area contributed by atoms with Gasteiger partial charge in [0, 0.05) is 44.0 Å². The van der Waals surface area contributed by atoms with E-state index >= 15 is 0 Å². The van der Waals surface area contributed by atoms with Crippen molar-refractivity contribution in [2.24, 2.45) is 11.8 Å². The van der Waals surface area contributed by atoms with Crippen LogP contribution < -0.4 is 4.90 Å². The van der Waals surface area contributed by atoms with E-state index in [1.54, 1.807) is 13.3 Å². The van der Waals surface area contributed by atoms with Gasteiger partial charge in [-0.25, -0.2) is 9.97 Å². The van der Waals surface area contributed by atoms with Crippen LogP contribution in [0.25, 0.3) is 11.0 Å². The van der Waals surface area contributed by atoms with Crippen molar-refractivity contribution in [1.29, 1.82) is 0 Å². The zero-order chi connectivity index (χ0) is 21.1. The number of anilines is 1. The van der Waals surface area contributed by atoms with Gasteiger partial charge in [0.05, 0.1) is 5.39 Å². The zero-order valence-electron chi connectivity index (χ0n) is 18.5. The van der Waals surface area contributed by atoms with Gasteiger partial charge in [0.25, 0.3) is 0 Å². The lowest BCUT2D eigenvalue weighted by atomic mass is 9.86. The molecule has 164 valence electrons. The molecular formula is C23H35N5OS. The summed E-state index contributed by atoms with van der Waals surface area (Å²) in [5.41, 5.74) is 0.911. The van der Waals surface area contributed by atoms with Crippen molar-refractivity contribution in [1.82, 2.24) is 19.3 Å². The van der Waals surface area contributed by atoms with E-state index in [9.17, 15) is 4.79 Å². The predicted molar refractivity (Wildman–Crippen MR) is 127 cm³/mol. The molecule has 30 heavy (non-hydrogen) atoms. The second-order valence-corrected chi connectivity index (χ2v) is 11.0. The molecular weight excluding hydrogens is 394 g/mol. The van der Waals surface area contributed by atoms with Crippen LogP contribution in [0, 0.1) is 11.8 Å². The SMILES string of the molecule is CC=S(CC1CCC(N(C)c2ncnc3[nH]ccc23)CC1)N1CCCC(C(C)=O)C1. The molecule has 2 aromatic rings. The number of aromatic nitrogens is 3. The molecule has 1 aliphatic carbocycles. The van der Waals surface area contributed by atoms with Crippen LogP contribution in [0.2, 0.25) is 0 Å². The van der Waals surface area contributed by atoms with Crippen molar-refractivity contribution < 1.29 is 4.79 Å². The van der Waals surface area contributed by atoms with E-state index in [1.807, 2.05) is 6.20 Å². The third kappa shape index (κ3) is 4.62. The van der Waals surface area contributed by atoms with Crippen molar-refractivity contribution in [3.8, 4) is 0 Å². The number of hydrogen-bond donors (Lipinski definition) is 1. The number of Topliss-reactive ketones (excluding diaryl/α,β-unsaturated/α-hetero) is 1. The van der Waals surface area contributed by atoms with Crippen LogP contribution in [0.3, 0.4) is 0 Å². The molecule has 7 heteroatoms. The predicted octanol–water partition coefficient (Wildman–Crippen LogP) is 4.26. The average Bonchev–Trinajstić information content (AvgIpc) is 3.26. The highest BCUT2D eigenvalue weighted by atomic mass is 32.2. The molecule has 1 N–H and O–H groups in total. The van der Waals surface area contributed by atoms with Crippen LogP contribution in [0.4, 0.5) is 5.82 Å². The minimum Gasteiger partial charge on any atom is -0.356 e. The Bertz CT molecular complexity index is 902. The van der Waals surface area contributed by atoms with Crippen LogP contribution in [-0.4, -0.2) is 62.3 Å². The third-order valence-corrected chi connectivity index (χ3v) is 9.35. The Morgan fingerprint density at radius 1 is 1.30 bits per heavy atom. The Hall–Kier alpha value is -1.73. The molecule has 0 aromatic carbocycles. The lowest BCUT2D eigenvalue weighted by Gasteiger charge is -2.38. The van der Waals surface area contributed by atoms with Gasteiger partial charge in [0.2, 0.25) is 0 Å². The molecule has 2 aliphatic rings.